The van der Waals surface area contributed by atoms with Crippen LogP contribution in [0.15, 0.2) is 18.2 Å². The SMILES string of the molecule is N#CC(NCCCO)c1cc(Cl)ccc1Cl. The van der Waals surface area contributed by atoms with E-state index in [9.17, 15) is 0 Å². The summed E-state index contributed by atoms with van der Waals surface area (Å²) in [4.78, 5) is 0. The largest absolute Gasteiger partial charge is 0.396 e. The van der Waals surface area contributed by atoms with Crippen LogP contribution < -0.4 is 5.32 Å². The van der Waals surface area contributed by atoms with E-state index < -0.39 is 6.04 Å². The summed E-state index contributed by atoms with van der Waals surface area (Å²) in [7, 11) is 0. The quantitative estimate of drug-likeness (QED) is 0.799. The molecule has 0 saturated heterocycles. The molecule has 0 aliphatic rings. The molecule has 0 aliphatic carbocycles. The maximum atomic E-state index is 9.02. The Labute approximate surface area is 105 Å². The van der Waals surface area contributed by atoms with Crippen LogP contribution in [0.25, 0.3) is 0 Å². The van der Waals surface area contributed by atoms with Crippen molar-refractivity contribution >= 4 is 23.2 Å². The minimum atomic E-state index is -0.502. The fourth-order valence-electron chi connectivity index (χ4n) is 1.29. The number of hydrogen-bond acceptors (Lipinski definition) is 3. The van der Waals surface area contributed by atoms with E-state index in [0.29, 0.717) is 28.6 Å². The molecule has 0 heterocycles. The van der Waals surface area contributed by atoms with Crippen molar-refractivity contribution in [1.29, 1.82) is 5.26 Å². The third-order valence-corrected chi connectivity index (χ3v) is 2.66. The first-order valence-corrected chi connectivity index (χ1v) is 5.63. The second kappa shape index (κ2) is 6.72. The maximum Gasteiger partial charge on any atom is 0.122 e. The lowest BCUT2D eigenvalue weighted by Gasteiger charge is -2.13. The summed E-state index contributed by atoms with van der Waals surface area (Å²) in [5.41, 5.74) is 0.662. The number of nitriles is 1. The van der Waals surface area contributed by atoms with Crippen molar-refractivity contribution in [3.63, 3.8) is 0 Å². The molecule has 1 aromatic carbocycles. The van der Waals surface area contributed by atoms with Gasteiger partial charge in [-0.05, 0) is 31.2 Å². The molecule has 0 saturated carbocycles. The van der Waals surface area contributed by atoms with Crippen LogP contribution >= 0.6 is 23.2 Å². The molecule has 0 radical (unpaired) electrons. The Morgan fingerprint density at radius 1 is 1.44 bits per heavy atom. The third kappa shape index (κ3) is 3.66. The molecule has 1 aromatic rings. The molecule has 0 bridgehead atoms. The third-order valence-electron chi connectivity index (χ3n) is 2.08. The van der Waals surface area contributed by atoms with E-state index in [1.807, 2.05) is 0 Å². The molecule has 2 N–H and O–H groups in total. The Bertz CT molecular complexity index is 390. The Kier molecular flexibility index (Phi) is 5.58. The highest BCUT2D eigenvalue weighted by Gasteiger charge is 2.13. The minimum Gasteiger partial charge on any atom is -0.396 e. The summed E-state index contributed by atoms with van der Waals surface area (Å²) in [6, 6.07) is 6.62. The van der Waals surface area contributed by atoms with E-state index in [2.05, 4.69) is 11.4 Å². The van der Waals surface area contributed by atoms with Gasteiger partial charge in [-0.2, -0.15) is 5.26 Å². The van der Waals surface area contributed by atoms with Crippen LogP contribution in [0, 0.1) is 11.3 Å². The molecule has 0 aliphatic heterocycles. The van der Waals surface area contributed by atoms with Crippen LogP contribution in [0.3, 0.4) is 0 Å². The Balaban J connectivity index is 2.79. The monoisotopic (exact) mass is 258 g/mol. The van der Waals surface area contributed by atoms with Gasteiger partial charge in [-0.3, -0.25) is 5.32 Å². The highest BCUT2D eigenvalue weighted by Crippen LogP contribution is 2.25. The average Bonchev–Trinajstić information content (AvgIpc) is 2.28. The van der Waals surface area contributed by atoms with E-state index in [4.69, 9.17) is 33.6 Å². The summed E-state index contributed by atoms with van der Waals surface area (Å²) in [5, 5.41) is 21.7. The normalized spacial score (nSPS) is 12.1. The average molecular weight is 259 g/mol. The molecule has 1 unspecified atom stereocenters. The van der Waals surface area contributed by atoms with Crippen LogP contribution in [0.2, 0.25) is 10.0 Å². The van der Waals surface area contributed by atoms with Gasteiger partial charge in [0.25, 0.3) is 0 Å². The van der Waals surface area contributed by atoms with Gasteiger partial charge in [-0.15, -0.1) is 0 Å². The lowest BCUT2D eigenvalue weighted by molar-refractivity contribution is 0.285. The van der Waals surface area contributed by atoms with Crippen LogP contribution in [0.5, 0.6) is 0 Å². The number of benzene rings is 1. The molecule has 3 nitrogen and oxygen atoms in total. The van der Waals surface area contributed by atoms with Crippen LogP contribution in [0.4, 0.5) is 0 Å². The maximum absolute atomic E-state index is 9.02. The Morgan fingerprint density at radius 2 is 2.19 bits per heavy atom. The Morgan fingerprint density at radius 3 is 2.81 bits per heavy atom. The predicted molar refractivity (Wildman–Crippen MR) is 64.5 cm³/mol. The van der Waals surface area contributed by atoms with Gasteiger partial charge < -0.3 is 5.11 Å². The van der Waals surface area contributed by atoms with Gasteiger partial charge in [0.05, 0.1) is 6.07 Å². The van der Waals surface area contributed by atoms with Crippen molar-refractivity contribution in [3.05, 3.63) is 33.8 Å². The highest BCUT2D eigenvalue weighted by atomic mass is 35.5. The predicted octanol–water partition coefficient (Wildman–Crippen LogP) is 2.53. The van der Waals surface area contributed by atoms with Gasteiger partial charge in [0, 0.05) is 22.2 Å². The summed E-state index contributed by atoms with van der Waals surface area (Å²) in [6.07, 6.45) is 0.594. The summed E-state index contributed by atoms with van der Waals surface area (Å²) in [5.74, 6) is 0. The Hall–Kier alpha value is -0.790. The number of halogens is 2. The van der Waals surface area contributed by atoms with E-state index >= 15 is 0 Å². The van der Waals surface area contributed by atoms with Crippen LogP contribution in [-0.4, -0.2) is 18.3 Å². The van der Waals surface area contributed by atoms with Crippen LogP contribution in [-0.2, 0) is 0 Å². The van der Waals surface area contributed by atoms with Crippen molar-refractivity contribution in [2.24, 2.45) is 0 Å². The zero-order chi connectivity index (χ0) is 12.0. The second-order valence-corrected chi connectivity index (χ2v) is 4.10. The zero-order valence-corrected chi connectivity index (χ0v) is 10.1. The standard InChI is InChI=1S/C11H12Cl2N2O/c12-8-2-3-10(13)9(6-8)11(7-14)15-4-1-5-16/h2-3,6,11,15-16H,1,4-5H2. The molecule has 1 rings (SSSR count). The molecule has 16 heavy (non-hydrogen) atoms. The first-order valence-electron chi connectivity index (χ1n) is 4.88. The number of hydrogen-bond donors (Lipinski definition) is 2. The summed E-state index contributed by atoms with van der Waals surface area (Å²) >= 11 is 11.8. The van der Waals surface area contributed by atoms with Crippen molar-refractivity contribution < 1.29 is 5.11 Å². The number of aliphatic hydroxyl groups is 1. The van der Waals surface area contributed by atoms with E-state index in [1.54, 1.807) is 18.2 Å². The summed E-state index contributed by atoms with van der Waals surface area (Å²) in [6.45, 7) is 0.645. The number of rotatable bonds is 5. The number of aliphatic hydroxyl groups excluding tert-OH is 1. The van der Waals surface area contributed by atoms with Crippen LogP contribution in [0.1, 0.15) is 18.0 Å². The highest BCUT2D eigenvalue weighted by molar-refractivity contribution is 6.33. The van der Waals surface area contributed by atoms with Crippen molar-refractivity contribution in [1.82, 2.24) is 5.32 Å². The van der Waals surface area contributed by atoms with E-state index in [1.165, 1.54) is 0 Å². The smallest absolute Gasteiger partial charge is 0.122 e. The minimum absolute atomic E-state index is 0.0917. The van der Waals surface area contributed by atoms with E-state index in [-0.39, 0.29) is 6.61 Å². The fourth-order valence-corrected chi connectivity index (χ4v) is 1.69. The van der Waals surface area contributed by atoms with Gasteiger partial charge >= 0.3 is 0 Å². The van der Waals surface area contributed by atoms with Crippen molar-refractivity contribution in [2.45, 2.75) is 12.5 Å². The fraction of sp³-hybridized carbons (Fsp3) is 0.364. The molecule has 0 aromatic heterocycles. The van der Waals surface area contributed by atoms with Crippen molar-refractivity contribution in [2.75, 3.05) is 13.2 Å². The topological polar surface area (TPSA) is 56.0 Å². The van der Waals surface area contributed by atoms with Gasteiger partial charge in [-0.25, -0.2) is 0 Å². The first-order chi connectivity index (χ1) is 7.69. The lowest BCUT2D eigenvalue weighted by atomic mass is 10.1. The van der Waals surface area contributed by atoms with Gasteiger partial charge in [-0.1, -0.05) is 23.2 Å². The van der Waals surface area contributed by atoms with Gasteiger partial charge in [0.15, 0.2) is 0 Å². The first kappa shape index (κ1) is 13.3. The lowest BCUT2D eigenvalue weighted by Crippen LogP contribution is -2.22. The second-order valence-electron chi connectivity index (χ2n) is 3.26. The molecular weight excluding hydrogens is 247 g/mol. The number of nitrogens with one attached hydrogen (secondary N) is 1. The number of nitrogens with zero attached hydrogens (tertiary/aromatic N) is 1. The molecule has 0 fully saturated rings. The summed E-state index contributed by atoms with van der Waals surface area (Å²) < 4.78 is 0. The zero-order valence-electron chi connectivity index (χ0n) is 8.58. The van der Waals surface area contributed by atoms with Gasteiger partial charge in [0.2, 0.25) is 0 Å². The molecule has 5 heteroatoms. The molecular formula is C11H12Cl2N2O. The molecule has 1 atom stereocenters. The van der Waals surface area contributed by atoms with E-state index in [0.717, 1.165) is 0 Å². The molecule has 86 valence electrons. The molecule has 0 amide bonds. The van der Waals surface area contributed by atoms with Crippen molar-refractivity contribution in [3.8, 4) is 6.07 Å². The van der Waals surface area contributed by atoms with Gasteiger partial charge in [0.1, 0.15) is 6.04 Å². The molecule has 0 spiro atoms.